The van der Waals surface area contributed by atoms with E-state index in [0.29, 0.717) is 0 Å². The van der Waals surface area contributed by atoms with Crippen LogP contribution in [0.15, 0.2) is 12.8 Å². The van der Waals surface area contributed by atoms with Crippen LogP contribution in [0.3, 0.4) is 0 Å². The van der Waals surface area contributed by atoms with Crippen LogP contribution in [0.2, 0.25) is 0 Å². The van der Waals surface area contributed by atoms with Crippen molar-refractivity contribution in [3.8, 4) is 0 Å². The fourth-order valence-electron chi connectivity index (χ4n) is 1.95. The fraction of sp³-hybridized carbons (Fsp3) is 0.833. The van der Waals surface area contributed by atoms with Crippen molar-refractivity contribution in [1.29, 1.82) is 0 Å². The summed E-state index contributed by atoms with van der Waals surface area (Å²) in [4.78, 5) is 2.37. The maximum absolute atomic E-state index is 3.83. The van der Waals surface area contributed by atoms with Gasteiger partial charge in [0.25, 0.3) is 0 Å². The maximum atomic E-state index is 3.83. The first-order valence-corrected chi connectivity index (χ1v) is 5.76. The van der Waals surface area contributed by atoms with Crippen molar-refractivity contribution < 1.29 is 0 Å². The zero-order valence-corrected chi connectivity index (χ0v) is 9.55. The molecule has 1 aliphatic carbocycles. The first kappa shape index (κ1) is 12.5. The van der Waals surface area contributed by atoms with Crippen molar-refractivity contribution in [1.82, 2.24) is 4.90 Å². The van der Waals surface area contributed by atoms with E-state index in [1.807, 2.05) is 20.0 Å². The lowest BCUT2D eigenvalue weighted by atomic mass is 9.94. The zero-order chi connectivity index (χ0) is 10.1. The van der Waals surface area contributed by atoms with Crippen LogP contribution in [0.1, 0.15) is 52.9 Å². The molecule has 0 aromatic carbocycles. The molecule has 0 aromatic rings. The molecule has 78 valence electrons. The molecule has 1 fully saturated rings. The van der Waals surface area contributed by atoms with Crippen LogP contribution in [0.5, 0.6) is 0 Å². The summed E-state index contributed by atoms with van der Waals surface area (Å²) in [6.07, 6.45) is 9.00. The van der Waals surface area contributed by atoms with Gasteiger partial charge in [-0.05, 0) is 26.0 Å². The van der Waals surface area contributed by atoms with Gasteiger partial charge in [0, 0.05) is 12.6 Å². The minimum atomic E-state index is 0.797. The average molecular weight is 183 g/mol. The van der Waals surface area contributed by atoms with Crippen LogP contribution in [0, 0.1) is 0 Å². The lowest BCUT2D eigenvalue weighted by molar-refractivity contribution is 0.227. The molecule has 0 aliphatic heterocycles. The molecule has 1 rings (SSSR count). The Morgan fingerprint density at radius 2 is 1.77 bits per heavy atom. The van der Waals surface area contributed by atoms with E-state index in [1.165, 1.54) is 32.1 Å². The SMILES string of the molecule is C=CN(CC)C1CCCCC1.CC. The van der Waals surface area contributed by atoms with Gasteiger partial charge >= 0.3 is 0 Å². The third-order valence-electron chi connectivity index (χ3n) is 2.64. The first-order valence-electron chi connectivity index (χ1n) is 5.76. The minimum absolute atomic E-state index is 0.797. The Hall–Kier alpha value is -0.460. The van der Waals surface area contributed by atoms with E-state index in [9.17, 15) is 0 Å². The van der Waals surface area contributed by atoms with Gasteiger partial charge < -0.3 is 4.90 Å². The Balaban J connectivity index is 0.000000671. The highest BCUT2D eigenvalue weighted by molar-refractivity contribution is 4.81. The van der Waals surface area contributed by atoms with E-state index in [-0.39, 0.29) is 0 Å². The Morgan fingerprint density at radius 3 is 2.15 bits per heavy atom. The van der Waals surface area contributed by atoms with Gasteiger partial charge in [0.2, 0.25) is 0 Å². The minimum Gasteiger partial charge on any atom is -0.375 e. The second kappa shape index (κ2) is 8.15. The normalized spacial score (nSPS) is 17.2. The van der Waals surface area contributed by atoms with Crippen LogP contribution < -0.4 is 0 Å². The number of rotatable bonds is 3. The van der Waals surface area contributed by atoms with E-state index in [4.69, 9.17) is 0 Å². The van der Waals surface area contributed by atoms with Gasteiger partial charge in [-0.3, -0.25) is 0 Å². The predicted molar refractivity (Wildman–Crippen MR) is 60.8 cm³/mol. The summed E-state index contributed by atoms with van der Waals surface area (Å²) in [5.74, 6) is 0. The molecule has 0 atom stereocenters. The summed E-state index contributed by atoms with van der Waals surface area (Å²) >= 11 is 0. The maximum Gasteiger partial charge on any atom is 0.0284 e. The van der Waals surface area contributed by atoms with Crippen LogP contribution >= 0.6 is 0 Å². The molecule has 1 nitrogen and oxygen atoms in total. The molecule has 1 saturated carbocycles. The number of nitrogens with zero attached hydrogens (tertiary/aromatic N) is 1. The molecule has 0 spiro atoms. The quantitative estimate of drug-likeness (QED) is 0.643. The third kappa shape index (κ3) is 4.35. The van der Waals surface area contributed by atoms with Gasteiger partial charge in [-0.15, -0.1) is 0 Å². The van der Waals surface area contributed by atoms with Crippen molar-refractivity contribution in [2.75, 3.05) is 6.54 Å². The summed E-state index contributed by atoms with van der Waals surface area (Å²) < 4.78 is 0. The van der Waals surface area contributed by atoms with Gasteiger partial charge in [0.05, 0.1) is 0 Å². The molecular formula is C12H25N. The van der Waals surface area contributed by atoms with Crippen molar-refractivity contribution in [2.45, 2.75) is 58.9 Å². The van der Waals surface area contributed by atoms with E-state index < -0.39 is 0 Å². The molecule has 1 heteroatoms. The first-order chi connectivity index (χ1) is 6.38. The van der Waals surface area contributed by atoms with Crippen molar-refractivity contribution >= 4 is 0 Å². The fourth-order valence-corrected chi connectivity index (χ4v) is 1.95. The summed E-state index contributed by atoms with van der Waals surface area (Å²) in [6.45, 7) is 11.2. The summed E-state index contributed by atoms with van der Waals surface area (Å²) in [7, 11) is 0. The smallest absolute Gasteiger partial charge is 0.0284 e. The molecule has 0 aromatic heterocycles. The molecule has 0 saturated heterocycles. The summed E-state index contributed by atoms with van der Waals surface area (Å²) in [5, 5.41) is 0. The Morgan fingerprint density at radius 1 is 1.23 bits per heavy atom. The second-order valence-corrected chi connectivity index (χ2v) is 3.30. The van der Waals surface area contributed by atoms with E-state index >= 15 is 0 Å². The van der Waals surface area contributed by atoms with Crippen LogP contribution in [0.4, 0.5) is 0 Å². The Kier molecular flexibility index (Phi) is 7.86. The Labute approximate surface area is 83.8 Å². The molecule has 0 radical (unpaired) electrons. The molecule has 0 unspecified atom stereocenters. The Bertz CT molecular complexity index is 114. The monoisotopic (exact) mass is 183 g/mol. The van der Waals surface area contributed by atoms with Gasteiger partial charge in [0.1, 0.15) is 0 Å². The second-order valence-electron chi connectivity index (χ2n) is 3.30. The van der Waals surface area contributed by atoms with Crippen LogP contribution in [-0.4, -0.2) is 17.5 Å². The van der Waals surface area contributed by atoms with Gasteiger partial charge in [-0.2, -0.15) is 0 Å². The standard InChI is InChI=1S/C10H19N.C2H6/c1-3-11(4-2)10-8-6-5-7-9-10;1-2/h3,10H,1,4-9H2,2H3;1-2H3. The lowest BCUT2D eigenvalue weighted by Crippen LogP contribution is -2.31. The molecule has 13 heavy (non-hydrogen) atoms. The highest BCUT2D eigenvalue weighted by atomic mass is 15.1. The highest BCUT2D eigenvalue weighted by Crippen LogP contribution is 2.22. The average Bonchev–Trinajstić information content (AvgIpc) is 2.24. The molecule has 0 N–H and O–H groups in total. The topological polar surface area (TPSA) is 3.24 Å². The van der Waals surface area contributed by atoms with Crippen molar-refractivity contribution in [2.24, 2.45) is 0 Å². The van der Waals surface area contributed by atoms with Crippen molar-refractivity contribution in [3.63, 3.8) is 0 Å². The van der Waals surface area contributed by atoms with E-state index in [2.05, 4.69) is 18.4 Å². The van der Waals surface area contributed by atoms with Gasteiger partial charge in [0.15, 0.2) is 0 Å². The molecule has 0 bridgehead atoms. The summed E-state index contributed by atoms with van der Waals surface area (Å²) in [6, 6.07) is 0.797. The molecule has 1 aliphatic rings. The zero-order valence-electron chi connectivity index (χ0n) is 9.55. The highest BCUT2D eigenvalue weighted by Gasteiger charge is 2.16. The lowest BCUT2D eigenvalue weighted by Gasteiger charge is -2.32. The largest absolute Gasteiger partial charge is 0.375 e. The summed E-state index contributed by atoms with van der Waals surface area (Å²) in [5.41, 5.74) is 0. The third-order valence-corrected chi connectivity index (χ3v) is 2.64. The van der Waals surface area contributed by atoms with Crippen molar-refractivity contribution in [3.05, 3.63) is 12.8 Å². The number of hydrogen-bond donors (Lipinski definition) is 0. The predicted octanol–water partition coefficient (Wildman–Crippen LogP) is 3.81. The van der Waals surface area contributed by atoms with E-state index in [1.54, 1.807) is 0 Å². The van der Waals surface area contributed by atoms with Crippen LogP contribution in [0.25, 0.3) is 0 Å². The molecule has 0 amide bonds. The van der Waals surface area contributed by atoms with Crippen LogP contribution in [-0.2, 0) is 0 Å². The van der Waals surface area contributed by atoms with Gasteiger partial charge in [-0.25, -0.2) is 0 Å². The van der Waals surface area contributed by atoms with Gasteiger partial charge in [-0.1, -0.05) is 39.7 Å². The number of hydrogen-bond acceptors (Lipinski definition) is 1. The van der Waals surface area contributed by atoms with E-state index in [0.717, 1.165) is 12.6 Å². The molecule has 0 heterocycles. The molecular weight excluding hydrogens is 158 g/mol.